The van der Waals surface area contributed by atoms with Crippen molar-refractivity contribution in [2.45, 2.75) is 25.6 Å². The molecule has 3 atom stereocenters. The third kappa shape index (κ3) is 2.47. The second-order valence-electron chi connectivity index (χ2n) is 5.33. The first-order chi connectivity index (χ1) is 10.1. The SMILES string of the molecule is CC1OCCC1C(=O)N1CC(C(=O)O)Oc2ccccc21. The average molecular weight is 291 g/mol. The fraction of sp³-hybridized carbons (Fsp3) is 0.467. The molecule has 0 bridgehead atoms. The van der Waals surface area contributed by atoms with Gasteiger partial charge in [-0.25, -0.2) is 4.79 Å². The maximum atomic E-state index is 12.7. The smallest absolute Gasteiger partial charge is 0.346 e. The van der Waals surface area contributed by atoms with Gasteiger partial charge >= 0.3 is 5.97 Å². The number of hydrogen-bond acceptors (Lipinski definition) is 4. The van der Waals surface area contributed by atoms with Gasteiger partial charge in [-0.15, -0.1) is 0 Å². The number of para-hydroxylation sites is 2. The molecule has 0 radical (unpaired) electrons. The number of carboxylic acid groups (broad SMARTS) is 1. The number of rotatable bonds is 2. The van der Waals surface area contributed by atoms with Gasteiger partial charge in [0, 0.05) is 6.61 Å². The molecule has 3 rings (SSSR count). The molecule has 1 N–H and O–H groups in total. The van der Waals surface area contributed by atoms with Gasteiger partial charge in [-0.2, -0.15) is 0 Å². The molecule has 1 aromatic carbocycles. The summed E-state index contributed by atoms with van der Waals surface area (Å²) < 4.78 is 10.9. The zero-order valence-electron chi connectivity index (χ0n) is 11.7. The van der Waals surface area contributed by atoms with Crippen molar-refractivity contribution in [3.63, 3.8) is 0 Å². The highest BCUT2D eigenvalue weighted by atomic mass is 16.5. The Morgan fingerprint density at radius 2 is 2.10 bits per heavy atom. The molecule has 3 unspecified atom stereocenters. The van der Waals surface area contributed by atoms with Crippen LogP contribution in [-0.4, -0.2) is 42.3 Å². The van der Waals surface area contributed by atoms with E-state index in [1.54, 1.807) is 24.3 Å². The van der Waals surface area contributed by atoms with Gasteiger partial charge in [-0.3, -0.25) is 4.79 Å². The summed E-state index contributed by atoms with van der Waals surface area (Å²) in [4.78, 5) is 25.5. The van der Waals surface area contributed by atoms with Crippen LogP contribution in [0.3, 0.4) is 0 Å². The van der Waals surface area contributed by atoms with Gasteiger partial charge < -0.3 is 19.5 Å². The predicted molar refractivity (Wildman–Crippen MR) is 74.4 cm³/mol. The Balaban J connectivity index is 1.92. The van der Waals surface area contributed by atoms with E-state index in [0.717, 1.165) is 0 Å². The first-order valence-corrected chi connectivity index (χ1v) is 6.99. The van der Waals surface area contributed by atoms with E-state index in [4.69, 9.17) is 9.47 Å². The van der Waals surface area contributed by atoms with Gasteiger partial charge in [0.1, 0.15) is 5.75 Å². The van der Waals surface area contributed by atoms with Crippen LogP contribution in [0.1, 0.15) is 13.3 Å². The van der Waals surface area contributed by atoms with Gasteiger partial charge in [0.05, 0.1) is 24.3 Å². The molecule has 1 aromatic rings. The van der Waals surface area contributed by atoms with Crippen LogP contribution in [0.5, 0.6) is 5.75 Å². The summed E-state index contributed by atoms with van der Waals surface area (Å²) in [6.45, 7) is 2.46. The molecular weight excluding hydrogens is 274 g/mol. The maximum Gasteiger partial charge on any atom is 0.346 e. The zero-order valence-corrected chi connectivity index (χ0v) is 11.7. The van der Waals surface area contributed by atoms with Crippen molar-refractivity contribution < 1.29 is 24.2 Å². The Morgan fingerprint density at radius 3 is 2.76 bits per heavy atom. The van der Waals surface area contributed by atoms with E-state index in [1.165, 1.54) is 4.90 Å². The highest BCUT2D eigenvalue weighted by Crippen LogP contribution is 2.35. The lowest BCUT2D eigenvalue weighted by Crippen LogP contribution is -2.49. The van der Waals surface area contributed by atoms with Gasteiger partial charge in [0.25, 0.3) is 0 Å². The van der Waals surface area contributed by atoms with Crippen molar-refractivity contribution in [1.82, 2.24) is 0 Å². The zero-order chi connectivity index (χ0) is 15.0. The van der Waals surface area contributed by atoms with E-state index < -0.39 is 12.1 Å². The van der Waals surface area contributed by atoms with Crippen LogP contribution >= 0.6 is 0 Å². The minimum Gasteiger partial charge on any atom is -0.478 e. The van der Waals surface area contributed by atoms with Crippen molar-refractivity contribution in [3.05, 3.63) is 24.3 Å². The van der Waals surface area contributed by atoms with Crippen LogP contribution in [0.15, 0.2) is 24.3 Å². The summed E-state index contributed by atoms with van der Waals surface area (Å²) in [7, 11) is 0. The third-order valence-electron chi connectivity index (χ3n) is 4.01. The number of amides is 1. The number of anilines is 1. The van der Waals surface area contributed by atoms with Gasteiger partial charge in [0.2, 0.25) is 12.0 Å². The summed E-state index contributed by atoms with van der Waals surface area (Å²) in [6.07, 6.45) is -0.519. The molecule has 1 fully saturated rings. The normalized spacial score (nSPS) is 27.9. The van der Waals surface area contributed by atoms with Crippen molar-refractivity contribution in [2.75, 3.05) is 18.1 Å². The summed E-state index contributed by atoms with van der Waals surface area (Å²) >= 11 is 0. The molecular formula is C15H17NO5. The number of benzene rings is 1. The molecule has 1 amide bonds. The Morgan fingerprint density at radius 1 is 1.33 bits per heavy atom. The van der Waals surface area contributed by atoms with Crippen LogP contribution in [0.25, 0.3) is 0 Å². The highest BCUT2D eigenvalue weighted by molar-refractivity contribution is 5.98. The number of aliphatic carboxylic acids is 1. The van der Waals surface area contributed by atoms with Crippen LogP contribution in [0.2, 0.25) is 0 Å². The summed E-state index contributed by atoms with van der Waals surface area (Å²) in [5, 5.41) is 9.19. The monoisotopic (exact) mass is 291 g/mol. The minimum absolute atomic E-state index is 0.0222. The second-order valence-corrected chi connectivity index (χ2v) is 5.33. The summed E-state index contributed by atoms with van der Waals surface area (Å²) in [5.74, 6) is -0.971. The molecule has 6 nitrogen and oxygen atoms in total. The fourth-order valence-corrected chi connectivity index (χ4v) is 2.83. The largest absolute Gasteiger partial charge is 0.478 e. The van der Waals surface area contributed by atoms with Gasteiger partial charge in [0.15, 0.2) is 0 Å². The van der Waals surface area contributed by atoms with Crippen LogP contribution in [-0.2, 0) is 14.3 Å². The number of carboxylic acids is 1. The third-order valence-corrected chi connectivity index (χ3v) is 4.01. The van der Waals surface area contributed by atoms with Crippen molar-refractivity contribution in [1.29, 1.82) is 0 Å². The molecule has 2 aliphatic rings. The summed E-state index contributed by atoms with van der Waals surface area (Å²) in [6, 6.07) is 7.01. The number of ether oxygens (including phenoxy) is 2. The summed E-state index contributed by atoms with van der Waals surface area (Å²) in [5.41, 5.74) is 0.624. The highest BCUT2D eigenvalue weighted by Gasteiger charge is 2.39. The predicted octanol–water partition coefficient (Wildman–Crippen LogP) is 1.29. The van der Waals surface area contributed by atoms with E-state index in [9.17, 15) is 14.7 Å². The lowest BCUT2D eigenvalue weighted by molar-refractivity contribution is -0.145. The first-order valence-electron chi connectivity index (χ1n) is 6.99. The Hall–Kier alpha value is -2.08. The molecule has 0 aromatic heterocycles. The Labute approximate surface area is 122 Å². The standard InChI is InChI=1S/C15H17NO5/c1-9-10(6-7-20-9)14(17)16-8-13(15(18)19)21-12-5-3-2-4-11(12)16/h2-5,9-10,13H,6-8H2,1H3,(H,18,19). The van der Waals surface area contributed by atoms with E-state index in [0.29, 0.717) is 24.5 Å². The second kappa shape index (κ2) is 5.37. The molecule has 1 saturated heterocycles. The van der Waals surface area contributed by atoms with Crippen molar-refractivity contribution >= 4 is 17.6 Å². The Kier molecular flexibility index (Phi) is 3.55. The molecule has 0 saturated carbocycles. The van der Waals surface area contributed by atoms with Crippen molar-refractivity contribution in [3.8, 4) is 5.75 Å². The number of carbonyl (C=O) groups is 2. The quantitative estimate of drug-likeness (QED) is 0.888. The first kappa shape index (κ1) is 13.9. The van der Waals surface area contributed by atoms with Gasteiger partial charge in [-0.1, -0.05) is 12.1 Å². The molecule has 2 aliphatic heterocycles. The number of nitrogens with zero attached hydrogens (tertiary/aromatic N) is 1. The molecule has 2 heterocycles. The van der Waals surface area contributed by atoms with E-state index in [-0.39, 0.29) is 24.5 Å². The minimum atomic E-state index is -1.07. The molecule has 0 aliphatic carbocycles. The lowest BCUT2D eigenvalue weighted by atomic mass is 9.99. The molecule has 21 heavy (non-hydrogen) atoms. The van der Waals surface area contributed by atoms with Crippen molar-refractivity contribution in [2.24, 2.45) is 5.92 Å². The van der Waals surface area contributed by atoms with E-state index >= 15 is 0 Å². The van der Waals surface area contributed by atoms with E-state index in [2.05, 4.69) is 0 Å². The maximum absolute atomic E-state index is 12.7. The molecule has 6 heteroatoms. The molecule has 0 spiro atoms. The van der Waals surface area contributed by atoms with Crippen LogP contribution in [0, 0.1) is 5.92 Å². The number of fused-ring (bicyclic) bond motifs is 1. The molecule has 112 valence electrons. The average Bonchev–Trinajstić information content (AvgIpc) is 2.91. The van der Waals surface area contributed by atoms with E-state index in [1.807, 2.05) is 6.92 Å². The van der Waals surface area contributed by atoms with Gasteiger partial charge in [-0.05, 0) is 25.5 Å². The van der Waals surface area contributed by atoms with Crippen LogP contribution < -0.4 is 9.64 Å². The number of carbonyl (C=O) groups excluding carboxylic acids is 1. The lowest BCUT2D eigenvalue weighted by Gasteiger charge is -2.34. The Bertz CT molecular complexity index is 573. The van der Waals surface area contributed by atoms with Crippen LogP contribution in [0.4, 0.5) is 5.69 Å². The number of hydrogen-bond donors (Lipinski definition) is 1. The topological polar surface area (TPSA) is 76.1 Å². The fourth-order valence-electron chi connectivity index (χ4n) is 2.83.